The fourth-order valence-corrected chi connectivity index (χ4v) is 4.72. The standard InChI is InChI=1S/C30H49N3O6/c1-27(2,3)37-24(34)18-31(10)30(23-14-12-11-13-15-23)21-32(19-25(35)38-28(4,5)6)16-17-33(22-30)20-26(36)39-29(7,8)9/h11-15H,16-22H2,1-10H3. The topological polar surface area (TPSA) is 88.6 Å². The van der Waals surface area contributed by atoms with E-state index in [4.69, 9.17) is 14.2 Å². The van der Waals surface area contributed by atoms with Crippen LogP contribution in [0.2, 0.25) is 0 Å². The molecular formula is C30H49N3O6. The number of benzene rings is 1. The SMILES string of the molecule is CN(CC(=O)OC(C)(C)C)C1(c2ccccc2)CN(CC(=O)OC(C)(C)C)CCN(CC(=O)OC(C)(C)C)C1. The van der Waals surface area contributed by atoms with Gasteiger partial charge in [0.15, 0.2) is 0 Å². The van der Waals surface area contributed by atoms with Gasteiger partial charge in [-0.2, -0.15) is 0 Å². The first-order chi connectivity index (χ1) is 17.8. The normalized spacial score (nSPS) is 17.4. The lowest BCUT2D eigenvalue weighted by molar-refractivity contribution is -0.160. The molecule has 0 unspecified atom stereocenters. The van der Waals surface area contributed by atoms with Crippen molar-refractivity contribution in [2.45, 2.75) is 84.7 Å². The highest BCUT2D eigenvalue weighted by Gasteiger charge is 2.44. The largest absolute Gasteiger partial charge is 0.459 e. The minimum Gasteiger partial charge on any atom is -0.459 e. The molecule has 0 N–H and O–H groups in total. The third kappa shape index (κ3) is 11.3. The molecule has 9 nitrogen and oxygen atoms in total. The van der Waals surface area contributed by atoms with Gasteiger partial charge in [0.05, 0.1) is 25.2 Å². The summed E-state index contributed by atoms with van der Waals surface area (Å²) in [5.41, 5.74) is -1.59. The first-order valence-electron chi connectivity index (χ1n) is 13.6. The maximum Gasteiger partial charge on any atom is 0.320 e. The van der Waals surface area contributed by atoms with Gasteiger partial charge in [-0.15, -0.1) is 0 Å². The molecule has 0 aromatic heterocycles. The van der Waals surface area contributed by atoms with E-state index in [0.717, 1.165) is 5.56 Å². The molecule has 0 aliphatic carbocycles. The number of carbonyl (C=O) groups excluding carboxylic acids is 3. The van der Waals surface area contributed by atoms with Crippen LogP contribution >= 0.6 is 0 Å². The van der Waals surface area contributed by atoms with Gasteiger partial charge in [0.1, 0.15) is 16.8 Å². The second-order valence-electron chi connectivity index (χ2n) is 13.4. The molecule has 1 saturated heterocycles. The van der Waals surface area contributed by atoms with E-state index < -0.39 is 22.3 Å². The van der Waals surface area contributed by atoms with Crippen LogP contribution in [0.1, 0.15) is 67.9 Å². The maximum absolute atomic E-state index is 13.0. The minimum absolute atomic E-state index is 0.0344. The van der Waals surface area contributed by atoms with Crippen molar-refractivity contribution in [2.75, 3.05) is 52.9 Å². The van der Waals surface area contributed by atoms with E-state index in [0.29, 0.717) is 26.2 Å². The van der Waals surface area contributed by atoms with Crippen molar-refractivity contribution in [3.63, 3.8) is 0 Å². The molecule has 1 fully saturated rings. The number of nitrogens with zero attached hydrogens (tertiary/aromatic N) is 3. The van der Waals surface area contributed by atoms with Gasteiger partial charge in [0.2, 0.25) is 0 Å². The van der Waals surface area contributed by atoms with Gasteiger partial charge in [0.25, 0.3) is 0 Å². The number of esters is 3. The summed E-state index contributed by atoms with van der Waals surface area (Å²) < 4.78 is 16.9. The van der Waals surface area contributed by atoms with Crippen LogP contribution < -0.4 is 0 Å². The molecule has 0 atom stereocenters. The fraction of sp³-hybridized carbons (Fsp3) is 0.700. The van der Waals surface area contributed by atoms with E-state index in [2.05, 4.69) is 0 Å². The number of likely N-dealkylation sites (N-methyl/N-ethyl adjacent to an activating group) is 1. The highest BCUT2D eigenvalue weighted by atomic mass is 16.6. The molecular weight excluding hydrogens is 498 g/mol. The quantitative estimate of drug-likeness (QED) is 0.359. The molecule has 39 heavy (non-hydrogen) atoms. The van der Waals surface area contributed by atoms with Crippen LogP contribution in [0.5, 0.6) is 0 Å². The predicted octanol–water partition coefficient (Wildman–Crippen LogP) is 3.46. The molecule has 0 amide bonds. The van der Waals surface area contributed by atoms with E-state index in [-0.39, 0.29) is 37.5 Å². The van der Waals surface area contributed by atoms with E-state index >= 15 is 0 Å². The maximum atomic E-state index is 13.0. The Morgan fingerprint density at radius 1 is 0.718 bits per heavy atom. The van der Waals surface area contributed by atoms with Gasteiger partial charge in [-0.3, -0.25) is 29.1 Å². The van der Waals surface area contributed by atoms with Crippen molar-refractivity contribution in [1.29, 1.82) is 0 Å². The number of hydrogen-bond donors (Lipinski definition) is 0. The fourth-order valence-electron chi connectivity index (χ4n) is 4.72. The van der Waals surface area contributed by atoms with Crippen LogP contribution in [0.4, 0.5) is 0 Å². The lowest BCUT2D eigenvalue weighted by Crippen LogP contribution is -2.57. The summed E-state index contributed by atoms with van der Waals surface area (Å²) in [5, 5.41) is 0. The van der Waals surface area contributed by atoms with Gasteiger partial charge < -0.3 is 14.2 Å². The van der Waals surface area contributed by atoms with Crippen molar-refractivity contribution in [1.82, 2.24) is 14.7 Å². The summed E-state index contributed by atoms with van der Waals surface area (Å²) in [6, 6.07) is 9.90. The monoisotopic (exact) mass is 547 g/mol. The molecule has 2 rings (SSSR count). The number of hydrogen-bond acceptors (Lipinski definition) is 9. The van der Waals surface area contributed by atoms with Gasteiger partial charge in [-0.1, -0.05) is 30.3 Å². The van der Waals surface area contributed by atoms with Crippen LogP contribution in [-0.2, 0) is 34.1 Å². The van der Waals surface area contributed by atoms with Crippen LogP contribution in [0, 0.1) is 0 Å². The highest BCUT2D eigenvalue weighted by Crippen LogP contribution is 2.32. The Balaban J connectivity index is 2.48. The molecule has 0 saturated carbocycles. The third-order valence-corrected chi connectivity index (χ3v) is 6.08. The molecule has 0 bridgehead atoms. The van der Waals surface area contributed by atoms with E-state index in [1.165, 1.54) is 0 Å². The van der Waals surface area contributed by atoms with E-state index in [1.807, 2.05) is 114 Å². The van der Waals surface area contributed by atoms with Crippen LogP contribution in [0.25, 0.3) is 0 Å². The van der Waals surface area contributed by atoms with Gasteiger partial charge in [0, 0.05) is 26.2 Å². The van der Waals surface area contributed by atoms with Crippen molar-refractivity contribution in [3.8, 4) is 0 Å². The zero-order valence-corrected chi connectivity index (χ0v) is 25.6. The Morgan fingerprint density at radius 2 is 1.10 bits per heavy atom. The Morgan fingerprint density at radius 3 is 1.49 bits per heavy atom. The van der Waals surface area contributed by atoms with E-state index in [1.54, 1.807) is 0 Å². The molecule has 1 aliphatic heterocycles. The van der Waals surface area contributed by atoms with Gasteiger partial charge in [-0.05, 0) is 74.9 Å². The number of carbonyl (C=O) groups is 3. The molecule has 220 valence electrons. The van der Waals surface area contributed by atoms with E-state index in [9.17, 15) is 14.4 Å². The lowest BCUT2D eigenvalue weighted by atomic mass is 9.86. The third-order valence-electron chi connectivity index (χ3n) is 6.08. The Kier molecular flexibility index (Phi) is 10.7. The Labute approximate surface area is 234 Å². The van der Waals surface area contributed by atoms with Crippen molar-refractivity contribution in [2.24, 2.45) is 0 Å². The Hall–Kier alpha value is -2.49. The first kappa shape index (κ1) is 32.7. The smallest absolute Gasteiger partial charge is 0.320 e. The molecule has 9 heteroatoms. The zero-order valence-electron chi connectivity index (χ0n) is 25.6. The molecule has 0 spiro atoms. The summed E-state index contributed by atoms with van der Waals surface area (Å²) in [6.07, 6.45) is 0. The van der Waals surface area contributed by atoms with Gasteiger partial charge in [-0.25, -0.2) is 0 Å². The second kappa shape index (κ2) is 12.8. The van der Waals surface area contributed by atoms with Crippen LogP contribution in [0.3, 0.4) is 0 Å². The minimum atomic E-state index is -0.737. The second-order valence-corrected chi connectivity index (χ2v) is 13.4. The van der Waals surface area contributed by atoms with Gasteiger partial charge >= 0.3 is 17.9 Å². The molecule has 1 aromatic carbocycles. The van der Waals surface area contributed by atoms with Crippen LogP contribution in [-0.4, -0.2) is 102 Å². The summed E-state index contributed by atoms with van der Waals surface area (Å²) >= 11 is 0. The predicted molar refractivity (Wildman–Crippen MR) is 151 cm³/mol. The summed E-state index contributed by atoms with van der Waals surface area (Å²) in [7, 11) is 1.89. The Bertz CT molecular complexity index is 935. The lowest BCUT2D eigenvalue weighted by Gasteiger charge is -2.45. The molecule has 0 radical (unpaired) electrons. The summed E-state index contributed by atoms with van der Waals surface area (Å²) in [4.78, 5) is 44.8. The average Bonchev–Trinajstić information content (AvgIpc) is 2.90. The van der Waals surface area contributed by atoms with Crippen LogP contribution in [0.15, 0.2) is 30.3 Å². The molecule has 1 heterocycles. The zero-order chi connectivity index (χ0) is 29.6. The summed E-state index contributed by atoms with van der Waals surface area (Å²) in [5.74, 6) is -0.985. The number of ether oxygens (including phenoxy) is 3. The average molecular weight is 548 g/mol. The van der Waals surface area contributed by atoms with Crippen molar-refractivity contribution < 1.29 is 28.6 Å². The summed E-state index contributed by atoms with van der Waals surface area (Å²) in [6.45, 7) is 18.8. The van der Waals surface area contributed by atoms with Crippen molar-refractivity contribution >= 4 is 17.9 Å². The first-order valence-corrected chi connectivity index (χ1v) is 13.6. The molecule has 1 aromatic rings. The highest BCUT2D eigenvalue weighted by molar-refractivity contribution is 5.73. The molecule has 1 aliphatic rings. The van der Waals surface area contributed by atoms with Crippen molar-refractivity contribution in [3.05, 3.63) is 35.9 Å². The number of rotatable bonds is 8.